The molecule has 1 aromatic carbocycles. The molecule has 0 atom stereocenters. The first-order chi connectivity index (χ1) is 15.3. The average Bonchev–Trinajstić information content (AvgIpc) is 2.76. The molecule has 0 fully saturated rings. The van der Waals surface area contributed by atoms with Gasteiger partial charge in [-0.05, 0) is 25.1 Å². The lowest BCUT2D eigenvalue weighted by Gasteiger charge is -2.15. The SMILES string of the molecule is CCOC(=O)c1nc2cnc3nc(OC)ccc3c2n(Cc2c(F)cc(Br)cc2F)c1=O. The third-order valence-electron chi connectivity index (χ3n) is 4.71. The van der Waals surface area contributed by atoms with E-state index in [2.05, 4.69) is 30.9 Å². The lowest BCUT2D eigenvalue weighted by molar-refractivity contribution is 0.0517. The molecule has 4 rings (SSSR count). The Morgan fingerprint density at radius 3 is 2.56 bits per heavy atom. The third kappa shape index (κ3) is 3.79. The van der Waals surface area contributed by atoms with Crippen LogP contribution in [0.25, 0.3) is 22.1 Å². The Morgan fingerprint density at radius 1 is 1.19 bits per heavy atom. The monoisotopic (exact) mass is 504 g/mol. The van der Waals surface area contributed by atoms with E-state index in [4.69, 9.17) is 9.47 Å². The van der Waals surface area contributed by atoms with E-state index in [0.717, 1.165) is 16.7 Å². The predicted molar refractivity (Wildman–Crippen MR) is 115 cm³/mol. The summed E-state index contributed by atoms with van der Waals surface area (Å²) in [6.07, 6.45) is 1.32. The molecule has 11 heteroatoms. The number of aromatic nitrogens is 4. The van der Waals surface area contributed by atoms with E-state index in [1.807, 2.05) is 0 Å². The molecule has 4 aromatic rings. The fraction of sp³-hybridized carbons (Fsp3) is 0.190. The number of esters is 1. The van der Waals surface area contributed by atoms with Crippen molar-refractivity contribution in [1.82, 2.24) is 19.5 Å². The Hall–Kier alpha value is -3.47. The van der Waals surface area contributed by atoms with Crippen LogP contribution in [-0.2, 0) is 11.3 Å². The molecule has 8 nitrogen and oxygen atoms in total. The summed E-state index contributed by atoms with van der Waals surface area (Å²) in [5.41, 5.74) is -1.13. The van der Waals surface area contributed by atoms with Crippen LogP contribution in [0.1, 0.15) is 23.0 Å². The van der Waals surface area contributed by atoms with Crippen LogP contribution >= 0.6 is 15.9 Å². The maximum absolute atomic E-state index is 14.6. The number of rotatable bonds is 5. The number of pyridine rings is 2. The van der Waals surface area contributed by atoms with Gasteiger partial charge in [0.1, 0.15) is 17.2 Å². The van der Waals surface area contributed by atoms with Gasteiger partial charge < -0.3 is 9.47 Å². The normalized spacial score (nSPS) is 11.2. The molecule has 164 valence electrons. The number of carbonyl (C=O) groups excluding carboxylic acids is 1. The predicted octanol–water partition coefficient (Wildman–Crippen LogP) is 3.61. The number of ether oxygens (including phenoxy) is 2. The molecular weight excluding hydrogens is 490 g/mol. The van der Waals surface area contributed by atoms with Crippen LogP contribution in [0.3, 0.4) is 0 Å². The van der Waals surface area contributed by atoms with Crippen LogP contribution in [-0.4, -0.2) is 39.2 Å². The van der Waals surface area contributed by atoms with E-state index in [1.165, 1.54) is 13.3 Å². The second-order valence-corrected chi connectivity index (χ2v) is 7.55. The van der Waals surface area contributed by atoms with Crippen LogP contribution in [0.15, 0.2) is 39.7 Å². The lowest BCUT2D eigenvalue weighted by Crippen LogP contribution is -2.30. The van der Waals surface area contributed by atoms with E-state index in [-0.39, 0.29) is 33.3 Å². The molecule has 0 amide bonds. The smallest absolute Gasteiger partial charge is 0.362 e. The number of benzene rings is 1. The highest BCUT2D eigenvalue weighted by molar-refractivity contribution is 9.10. The van der Waals surface area contributed by atoms with Gasteiger partial charge in [-0.15, -0.1) is 0 Å². The van der Waals surface area contributed by atoms with Crippen molar-refractivity contribution in [3.63, 3.8) is 0 Å². The highest BCUT2D eigenvalue weighted by atomic mass is 79.9. The van der Waals surface area contributed by atoms with Gasteiger partial charge >= 0.3 is 5.97 Å². The van der Waals surface area contributed by atoms with Crippen molar-refractivity contribution in [2.75, 3.05) is 13.7 Å². The second kappa shape index (κ2) is 8.58. The summed E-state index contributed by atoms with van der Waals surface area (Å²) in [4.78, 5) is 38.1. The number of hydrogen-bond donors (Lipinski definition) is 0. The molecule has 3 aromatic heterocycles. The zero-order valence-electron chi connectivity index (χ0n) is 16.9. The minimum Gasteiger partial charge on any atom is -0.481 e. The number of halogens is 3. The van der Waals surface area contributed by atoms with Gasteiger partial charge in [0.05, 0.1) is 32.0 Å². The first kappa shape index (κ1) is 21.8. The van der Waals surface area contributed by atoms with E-state index < -0.39 is 35.4 Å². The Bertz CT molecular complexity index is 1420. The van der Waals surface area contributed by atoms with E-state index >= 15 is 0 Å². The quantitative estimate of drug-likeness (QED) is 0.302. The topological polar surface area (TPSA) is 96.2 Å². The molecular formula is C21H15BrF2N4O4. The summed E-state index contributed by atoms with van der Waals surface area (Å²) >= 11 is 3.03. The summed E-state index contributed by atoms with van der Waals surface area (Å²) in [7, 11) is 1.44. The summed E-state index contributed by atoms with van der Waals surface area (Å²) in [6.45, 7) is 1.10. The summed E-state index contributed by atoms with van der Waals surface area (Å²) in [5.74, 6) is -2.37. The fourth-order valence-corrected chi connectivity index (χ4v) is 3.68. The molecule has 0 aliphatic rings. The van der Waals surface area contributed by atoms with Crippen molar-refractivity contribution in [1.29, 1.82) is 0 Å². The van der Waals surface area contributed by atoms with Gasteiger partial charge in [0, 0.05) is 21.5 Å². The zero-order valence-corrected chi connectivity index (χ0v) is 18.4. The van der Waals surface area contributed by atoms with E-state index in [9.17, 15) is 18.4 Å². The Kier molecular flexibility index (Phi) is 5.83. The average molecular weight is 505 g/mol. The number of hydrogen-bond acceptors (Lipinski definition) is 7. The van der Waals surface area contributed by atoms with Crippen molar-refractivity contribution >= 4 is 44.0 Å². The van der Waals surface area contributed by atoms with Crippen LogP contribution in [0.5, 0.6) is 5.88 Å². The van der Waals surface area contributed by atoms with Crippen LogP contribution in [0.2, 0.25) is 0 Å². The maximum Gasteiger partial charge on any atom is 0.362 e. The molecule has 0 aliphatic heterocycles. The molecule has 0 saturated heterocycles. The second-order valence-electron chi connectivity index (χ2n) is 6.64. The lowest BCUT2D eigenvalue weighted by atomic mass is 10.1. The molecule has 3 heterocycles. The summed E-state index contributed by atoms with van der Waals surface area (Å²) in [5, 5.41) is 0.390. The van der Waals surface area contributed by atoms with Gasteiger partial charge in [0.2, 0.25) is 11.6 Å². The van der Waals surface area contributed by atoms with Gasteiger partial charge in [0.25, 0.3) is 5.56 Å². The Labute approximate surface area is 188 Å². The van der Waals surface area contributed by atoms with E-state index in [1.54, 1.807) is 19.1 Å². The summed E-state index contributed by atoms with van der Waals surface area (Å²) < 4.78 is 40.5. The number of methoxy groups -OCH3 is 1. The van der Waals surface area contributed by atoms with Gasteiger partial charge in [-0.25, -0.2) is 23.5 Å². The number of fused-ring (bicyclic) bond motifs is 3. The molecule has 0 unspecified atom stereocenters. The number of nitrogens with zero attached hydrogens (tertiary/aromatic N) is 4. The van der Waals surface area contributed by atoms with Crippen LogP contribution in [0.4, 0.5) is 8.78 Å². The van der Waals surface area contributed by atoms with Crippen LogP contribution in [0, 0.1) is 11.6 Å². The first-order valence-corrected chi connectivity index (χ1v) is 10.2. The van der Waals surface area contributed by atoms with Gasteiger partial charge in [-0.2, -0.15) is 4.98 Å². The van der Waals surface area contributed by atoms with Crippen molar-refractivity contribution in [2.45, 2.75) is 13.5 Å². The third-order valence-corrected chi connectivity index (χ3v) is 5.16. The molecule has 0 radical (unpaired) electrons. The van der Waals surface area contributed by atoms with Crippen LogP contribution < -0.4 is 10.3 Å². The zero-order chi connectivity index (χ0) is 23.0. The highest BCUT2D eigenvalue weighted by Crippen LogP contribution is 2.25. The minimum absolute atomic E-state index is 0.0215. The molecule has 0 saturated carbocycles. The van der Waals surface area contributed by atoms with E-state index in [0.29, 0.717) is 11.3 Å². The van der Waals surface area contributed by atoms with Gasteiger partial charge in [0.15, 0.2) is 5.65 Å². The van der Waals surface area contributed by atoms with Crippen molar-refractivity contribution in [3.8, 4) is 5.88 Å². The minimum atomic E-state index is -0.946. The molecule has 0 spiro atoms. The van der Waals surface area contributed by atoms with Crippen molar-refractivity contribution < 1.29 is 23.0 Å². The Morgan fingerprint density at radius 2 is 1.91 bits per heavy atom. The standard InChI is InChI=1S/C21H15BrF2N4O4/c1-3-32-21(30)17-20(29)28(9-12-13(23)6-10(22)7-14(12)24)18-11-4-5-16(31-2)27-19(11)25-8-15(18)26-17/h4-8H,3,9H2,1-2H3. The maximum atomic E-state index is 14.6. The van der Waals surface area contributed by atoms with Gasteiger partial charge in [-0.3, -0.25) is 9.36 Å². The Balaban J connectivity index is 2.07. The first-order valence-electron chi connectivity index (χ1n) is 9.38. The number of carbonyl (C=O) groups is 1. The van der Waals surface area contributed by atoms with Gasteiger partial charge in [-0.1, -0.05) is 15.9 Å². The molecule has 0 aliphatic carbocycles. The van der Waals surface area contributed by atoms with Crippen molar-refractivity contribution in [2.24, 2.45) is 0 Å². The molecule has 32 heavy (non-hydrogen) atoms. The molecule has 0 bridgehead atoms. The molecule has 0 N–H and O–H groups in total. The summed E-state index contributed by atoms with van der Waals surface area (Å²) in [6, 6.07) is 5.33. The largest absolute Gasteiger partial charge is 0.481 e. The fourth-order valence-electron chi connectivity index (χ4n) is 3.28. The highest BCUT2D eigenvalue weighted by Gasteiger charge is 2.23. The van der Waals surface area contributed by atoms with Crippen molar-refractivity contribution in [3.05, 3.63) is 68.2 Å².